The summed E-state index contributed by atoms with van der Waals surface area (Å²) in [4.78, 5) is 0. The summed E-state index contributed by atoms with van der Waals surface area (Å²) in [5, 5.41) is 4.55. The van der Waals surface area contributed by atoms with Crippen molar-refractivity contribution >= 4 is 0 Å². The van der Waals surface area contributed by atoms with Gasteiger partial charge in [0.1, 0.15) is 0 Å². The maximum atomic E-state index is 6.34. The van der Waals surface area contributed by atoms with E-state index in [1.54, 1.807) is 0 Å². The van der Waals surface area contributed by atoms with E-state index in [1.165, 1.54) is 43.5 Å². The number of aryl methyl sites for hydroxylation is 2. The minimum Gasteiger partial charge on any atom is -0.327 e. The van der Waals surface area contributed by atoms with Gasteiger partial charge in [-0.15, -0.1) is 0 Å². The van der Waals surface area contributed by atoms with Crippen LogP contribution < -0.4 is 5.73 Å². The molecule has 2 rings (SSSR count). The first-order valence-corrected chi connectivity index (χ1v) is 7.91. The van der Waals surface area contributed by atoms with E-state index in [0.29, 0.717) is 12.0 Å². The van der Waals surface area contributed by atoms with Gasteiger partial charge in [0.25, 0.3) is 0 Å². The second-order valence-electron chi connectivity index (χ2n) is 6.20. The van der Waals surface area contributed by atoms with Gasteiger partial charge in [-0.25, -0.2) is 0 Å². The van der Waals surface area contributed by atoms with Crippen LogP contribution in [0.15, 0.2) is 6.07 Å². The molecule has 0 aliphatic heterocycles. The van der Waals surface area contributed by atoms with Crippen molar-refractivity contribution in [2.45, 2.75) is 64.8 Å². The molecule has 0 bridgehead atoms. The highest BCUT2D eigenvalue weighted by molar-refractivity contribution is 5.11. The number of rotatable bonds is 5. The molecule has 1 saturated carbocycles. The van der Waals surface area contributed by atoms with Gasteiger partial charge in [-0.05, 0) is 50.0 Å². The number of hydrogen-bond donors (Lipinski definition) is 1. The van der Waals surface area contributed by atoms with E-state index < -0.39 is 0 Å². The van der Waals surface area contributed by atoms with E-state index >= 15 is 0 Å². The topological polar surface area (TPSA) is 43.8 Å². The molecule has 3 atom stereocenters. The van der Waals surface area contributed by atoms with Crippen molar-refractivity contribution in [2.75, 3.05) is 0 Å². The van der Waals surface area contributed by atoms with Crippen molar-refractivity contribution in [3.8, 4) is 0 Å². The van der Waals surface area contributed by atoms with Crippen molar-refractivity contribution in [1.82, 2.24) is 9.78 Å². The molecule has 1 aromatic rings. The highest BCUT2D eigenvalue weighted by Gasteiger charge is 2.28. The molecule has 1 aromatic heterocycles. The first-order valence-electron chi connectivity index (χ1n) is 7.91. The van der Waals surface area contributed by atoms with E-state index in [2.05, 4.69) is 36.7 Å². The van der Waals surface area contributed by atoms with Crippen LogP contribution in [0.2, 0.25) is 0 Å². The van der Waals surface area contributed by atoms with Crippen molar-refractivity contribution in [3.05, 3.63) is 17.5 Å². The fourth-order valence-corrected chi connectivity index (χ4v) is 3.49. The van der Waals surface area contributed by atoms with Crippen LogP contribution in [0.5, 0.6) is 0 Å². The second kappa shape index (κ2) is 6.56. The Labute approximate surface area is 117 Å². The van der Waals surface area contributed by atoms with Crippen molar-refractivity contribution in [2.24, 2.45) is 24.6 Å². The Morgan fingerprint density at radius 3 is 2.79 bits per heavy atom. The molecule has 0 saturated heterocycles. The highest BCUT2D eigenvalue weighted by atomic mass is 15.3. The third-order valence-electron chi connectivity index (χ3n) is 4.71. The van der Waals surface area contributed by atoms with Crippen LogP contribution in [0.3, 0.4) is 0 Å². The molecule has 1 heterocycles. The summed E-state index contributed by atoms with van der Waals surface area (Å²) in [5.41, 5.74) is 8.90. The Morgan fingerprint density at radius 1 is 1.37 bits per heavy atom. The molecule has 1 aliphatic carbocycles. The lowest BCUT2D eigenvalue weighted by Crippen LogP contribution is -2.37. The first-order chi connectivity index (χ1) is 9.13. The second-order valence-corrected chi connectivity index (χ2v) is 6.20. The van der Waals surface area contributed by atoms with E-state index in [-0.39, 0.29) is 0 Å². The number of nitrogens with zero attached hydrogens (tertiary/aromatic N) is 2. The molecule has 1 fully saturated rings. The summed E-state index contributed by atoms with van der Waals surface area (Å²) in [7, 11) is 2.06. The molecule has 19 heavy (non-hydrogen) atoms. The van der Waals surface area contributed by atoms with Gasteiger partial charge in [-0.3, -0.25) is 4.68 Å². The largest absolute Gasteiger partial charge is 0.327 e. The van der Waals surface area contributed by atoms with Gasteiger partial charge < -0.3 is 5.73 Å². The van der Waals surface area contributed by atoms with Crippen LogP contribution in [0.1, 0.15) is 57.3 Å². The Hall–Kier alpha value is -0.830. The molecule has 3 unspecified atom stereocenters. The van der Waals surface area contributed by atoms with Crippen molar-refractivity contribution in [1.29, 1.82) is 0 Å². The molecule has 108 valence electrons. The fraction of sp³-hybridized carbons (Fsp3) is 0.812. The van der Waals surface area contributed by atoms with Crippen LogP contribution >= 0.6 is 0 Å². The minimum atomic E-state index is 0.382. The number of hydrogen-bond acceptors (Lipinski definition) is 2. The molecule has 2 N–H and O–H groups in total. The van der Waals surface area contributed by atoms with Gasteiger partial charge in [0.05, 0.1) is 5.69 Å². The van der Waals surface area contributed by atoms with Gasteiger partial charge in [-0.1, -0.05) is 26.7 Å². The van der Waals surface area contributed by atoms with Gasteiger partial charge in [-0.2, -0.15) is 5.10 Å². The van der Waals surface area contributed by atoms with Crippen LogP contribution in [0.25, 0.3) is 0 Å². The summed E-state index contributed by atoms with van der Waals surface area (Å²) < 4.78 is 2.05. The summed E-state index contributed by atoms with van der Waals surface area (Å²) in [6, 6.07) is 2.64. The predicted molar refractivity (Wildman–Crippen MR) is 80.0 cm³/mol. The molecule has 0 amide bonds. The lowest BCUT2D eigenvalue weighted by atomic mass is 9.75. The molecule has 3 heteroatoms. The average molecular weight is 263 g/mol. The predicted octanol–water partition coefficient (Wildman–Crippen LogP) is 3.07. The first kappa shape index (κ1) is 14.6. The normalized spacial score (nSPS) is 27.7. The van der Waals surface area contributed by atoms with Gasteiger partial charge in [0.2, 0.25) is 0 Å². The lowest BCUT2D eigenvalue weighted by molar-refractivity contribution is 0.219. The molecule has 1 aliphatic rings. The highest BCUT2D eigenvalue weighted by Crippen LogP contribution is 2.33. The average Bonchev–Trinajstić information content (AvgIpc) is 2.75. The summed E-state index contributed by atoms with van der Waals surface area (Å²) in [5.74, 6) is 1.54. The third-order valence-corrected chi connectivity index (χ3v) is 4.71. The lowest BCUT2D eigenvalue weighted by Gasteiger charge is -2.34. The van der Waals surface area contributed by atoms with Gasteiger partial charge >= 0.3 is 0 Å². The zero-order valence-corrected chi connectivity index (χ0v) is 12.7. The van der Waals surface area contributed by atoms with E-state index in [9.17, 15) is 0 Å². The van der Waals surface area contributed by atoms with Crippen LogP contribution in [0.4, 0.5) is 0 Å². The monoisotopic (exact) mass is 263 g/mol. The van der Waals surface area contributed by atoms with E-state index in [1.807, 2.05) is 0 Å². The molecule has 0 aromatic carbocycles. The Morgan fingerprint density at radius 2 is 2.16 bits per heavy atom. The van der Waals surface area contributed by atoms with Gasteiger partial charge in [0.15, 0.2) is 0 Å². The minimum absolute atomic E-state index is 0.382. The Bertz CT molecular complexity index is 397. The summed E-state index contributed by atoms with van der Waals surface area (Å²) in [6.45, 7) is 4.45. The van der Waals surface area contributed by atoms with Crippen LogP contribution in [-0.2, 0) is 19.9 Å². The molecular formula is C16H29N3. The summed E-state index contributed by atoms with van der Waals surface area (Å²) in [6.07, 6.45) is 8.63. The fourth-order valence-electron chi connectivity index (χ4n) is 3.49. The zero-order valence-electron chi connectivity index (χ0n) is 12.7. The Kier molecular flexibility index (Phi) is 5.03. The summed E-state index contributed by atoms with van der Waals surface area (Å²) >= 11 is 0. The standard InChI is InChI=1S/C16H29N3/c1-4-6-12-7-8-16(17)13(9-12)10-15-11-14(5-2)18-19(15)3/h11-13,16H,4-10,17H2,1-3H3. The quantitative estimate of drug-likeness (QED) is 0.887. The molecule has 0 radical (unpaired) electrons. The van der Waals surface area contributed by atoms with E-state index in [0.717, 1.165) is 18.8 Å². The Balaban J connectivity index is 2.01. The van der Waals surface area contributed by atoms with Crippen LogP contribution in [0, 0.1) is 11.8 Å². The smallest absolute Gasteiger partial charge is 0.0624 e. The molecule has 0 spiro atoms. The van der Waals surface area contributed by atoms with Crippen molar-refractivity contribution < 1.29 is 0 Å². The van der Waals surface area contributed by atoms with Gasteiger partial charge in [0, 0.05) is 18.8 Å². The maximum Gasteiger partial charge on any atom is 0.0624 e. The zero-order chi connectivity index (χ0) is 13.8. The maximum absolute atomic E-state index is 6.34. The number of aromatic nitrogens is 2. The van der Waals surface area contributed by atoms with Crippen LogP contribution in [-0.4, -0.2) is 15.8 Å². The van der Waals surface area contributed by atoms with E-state index in [4.69, 9.17) is 5.73 Å². The third kappa shape index (κ3) is 3.59. The number of nitrogens with two attached hydrogens (primary N) is 1. The van der Waals surface area contributed by atoms with Crippen molar-refractivity contribution in [3.63, 3.8) is 0 Å². The molecule has 3 nitrogen and oxygen atoms in total. The SMILES string of the molecule is CCCC1CCC(N)C(Cc2cc(CC)nn2C)C1. The molecular weight excluding hydrogens is 234 g/mol.